The molecule has 0 heterocycles. The van der Waals surface area contributed by atoms with Crippen LogP contribution in [0.25, 0.3) is 0 Å². The highest BCUT2D eigenvalue weighted by Gasteiger charge is 2.17. The third-order valence-corrected chi connectivity index (χ3v) is 3.84. The van der Waals surface area contributed by atoms with Crippen molar-refractivity contribution in [1.82, 2.24) is 0 Å². The number of rotatable bonds is 6. The molecule has 0 bridgehead atoms. The van der Waals surface area contributed by atoms with E-state index in [1.54, 1.807) is 12.1 Å². The van der Waals surface area contributed by atoms with E-state index in [9.17, 15) is 10.1 Å². The number of hydrogen-bond acceptors (Lipinski definition) is 3. The quantitative estimate of drug-likeness (QED) is 0.573. The van der Waals surface area contributed by atoms with Gasteiger partial charge in [-0.1, -0.05) is 46.3 Å². The Balaban J connectivity index is 2.00. The fourth-order valence-electron chi connectivity index (χ4n) is 2.25. The maximum atomic E-state index is 11.1. The van der Waals surface area contributed by atoms with Gasteiger partial charge in [0, 0.05) is 24.1 Å². The largest absolute Gasteiger partial charge is 0.369 e. The molecule has 2 rings (SSSR count). The van der Waals surface area contributed by atoms with Crippen LogP contribution in [-0.2, 0) is 6.42 Å². The summed E-state index contributed by atoms with van der Waals surface area (Å²) in [6.07, 6.45) is 1.92. The Bertz CT molecular complexity index is 617. The van der Waals surface area contributed by atoms with E-state index in [0.29, 0.717) is 5.69 Å². The van der Waals surface area contributed by atoms with Crippen molar-refractivity contribution in [3.05, 3.63) is 68.7 Å². The van der Waals surface area contributed by atoms with E-state index in [1.165, 1.54) is 5.56 Å². The fourth-order valence-corrected chi connectivity index (χ4v) is 2.60. The molecule has 0 saturated carbocycles. The molecule has 4 nitrogen and oxygen atoms in total. The minimum Gasteiger partial charge on any atom is -0.369 e. The van der Waals surface area contributed by atoms with Gasteiger partial charge in [-0.2, -0.15) is 0 Å². The second kappa shape index (κ2) is 7.22. The molecule has 0 aromatic heterocycles. The van der Waals surface area contributed by atoms with Gasteiger partial charge in [0.05, 0.1) is 4.92 Å². The van der Waals surface area contributed by atoms with Gasteiger partial charge >= 0.3 is 0 Å². The van der Waals surface area contributed by atoms with Crippen LogP contribution in [-0.4, -0.2) is 18.5 Å². The van der Waals surface area contributed by atoms with Crippen LogP contribution in [0.3, 0.4) is 0 Å². The first kappa shape index (κ1) is 15.5. The Morgan fingerprint density at radius 1 is 1.19 bits per heavy atom. The third kappa shape index (κ3) is 4.29. The van der Waals surface area contributed by atoms with E-state index in [0.717, 1.165) is 23.9 Å². The van der Waals surface area contributed by atoms with Crippen LogP contribution < -0.4 is 4.90 Å². The molecule has 2 aromatic carbocycles. The molecule has 0 aliphatic rings. The average Bonchev–Trinajstić information content (AvgIpc) is 2.48. The molecule has 110 valence electrons. The summed E-state index contributed by atoms with van der Waals surface area (Å²) in [7, 11) is 1.89. The molecule has 0 N–H and O–H groups in total. The van der Waals surface area contributed by atoms with Crippen molar-refractivity contribution in [2.24, 2.45) is 0 Å². The maximum Gasteiger partial charge on any atom is 0.293 e. The van der Waals surface area contributed by atoms with Crippen LogP contribution in [0.4, 0.5) is 11.4 Å². The van der Waals surface area contributed by atoms with E-state index >= 15 is 0 Å². The van der Waals surface area contributed by atoms with E-state index in [1.807, 2.05) is 36.2 Å². The van der Waals surface area contributed by atoms with Crippen molar-refractivity contribution in [3.8, 4) is 0 Å². The Morgan fingerprint density at radius 3 is 2.57 bits per heavy atom. The van der Waals surface area contributed by atoms with Crippen molar-refractivity contribution in [1.29, 1.82) is 0 Å². The van der Waals surface area contributed by atoms with Crippen LogP contribution in [0.15, 0.2) is 53.0 Å². The molecule has 0 radical (unpaired) electrons. The highest BCUT2D eigenvalue weighted by molar-refractivity contribution is 9.10. The molecule has 5 heteroatoms. The van der Waals surface area contributed by atoms with Gasteiger partial charge in [0.1, 0.15) is 5.69 Å². The number of nitro groups is 1. The van der Waals surface area contributed by atoms with E-state index in [-0.39, 0.29) is 10.6 Å². The second-order valence-corrected chi connectivity index (χ2v) is 5.82. The molecule has 0 unspecified atom stereocenters. The number of benzene rings is 2. The predicted molar refractivity (Wildman–Crippen MR) is 88.8 cm³/mol. The van der Waals surface area contributed by atoms with Crippen molar-refractivity contribution >= 4 is 27.3 Å². The summed E-state index contributed by atoms with van der Waals surface area (Å²) in [5.74, 6) is 0. The van der Waals surface area contributed by atoms with Gasteiger partial charge in [-0.3, -0.25) is 10.1 Å². The third-order valence-electron chi connectivity index (χ3n) is 3.35. The van der Waals surface area contributed by atoms with Crippen LogP contribution in [0.1, 0.15) is 12.0 Å². The van der Waals surface area contributed by atoms with Crippen molar-refractivity contribution < 1.29 is 4.92 Å². The average molecular weight is 349 g/mol. The normalized spacial score (nSPS) is 10.4. The molecule has 2 aromatic rings. The van der Waals surface area contributed by atoms with Crippen LogP contribution in [0.5, 0.6) is 0 Å². The van der Waals surface area contributed by atoms with Crippen LogP contribution in [0, 0.1) is 10.1 Å². The number of anilines is 1. The van der Waals surface area contributed by atoms with Crippen LogP contribution in [0.2, 0.25) is 0 Å². The zero-order valence-electron chi connectivity index (χ0n) is 11.8. The predicted octanol–water partition coefficient (Wildman–Crippen LogP) is 4.43. The zero-order valence-corrected chi connectivity index (χ0v) is 13.4. The van der Waals surface area contributed by atoms with Crippen molar-refractivity contribution in [2.75, 3.05) is 18.5 Å². The molecule has 0 fully saturated rings. The Morgan fingerprint density at radius 2 is 1.90 bits per heavy atom. The first-order valence-electron chi connectivity index (χ1n) is 6.77. The van der Waals surface area contributed by atoms with Crippen LogP contribution >= 0.6 is 15.9 Å². The number of hydrogen-bond donors (Lipinski definition) is 0. The smallest absolute Gasteiger partial charge is 0.293 e. The molecule has 0 saturated heterocycles. The highest BCUT2D eigenvalue weighted by Crippen LogP contribution is 2.30. The highest BCUT2D eigenvalue weighted by atomic mass is 79.9. The topological polar surface area (TPSA) is 46.4 Å². The standard InChI is InChI=1S/C16H17BrN2O2/c1-18(11-5-8-13-6-3-2-4-7-13)15-10-9-14(17)12-16(15)19(20)21/h2-4,6-7,9-10,12H,5,8,11H2,1H3. The minimum atomic E-state index is -0.339. The summed E-state index contributed by atoms with van der Waals surface area (Å²) in [6, 6.07) is 15.4. The van der Waals surface area contributed by atoms with Gasteiger partial charge in [-0.15, -0.1) is 0 Å². The zero-order chi connectivity index (χ0) is 15.2. The summed E-state index contributed by atoms with van der Waals surface area (Å²) < 4.78 is 0.718. The number of nitrogens with zero attached hydrogens (tertiary/aromatic N) is 2. The van der Waals surface area contributed by atoms with Gasteiger partial charge in [-0.05, 0) is 30.5 Å². The lowest BCUT2D eigenvalue weighted by atomic mass is 10.1. The Labute approximate surface area is 132 Å². The molecular weight excluding hydrogens is 332 g/mol. The first-order chi connectivity index (χ1) is 10.1. The monoisotopic (exact) mass is 348 g/mol. The summed E-state index contributed by atoms with van der Waals surface area (Å²) in [4.78, 5) is 12.7. The van der Waals surface area contributed by atoms with E-state index in [4.69, 9.17) is 0 Å². The Kier molecular flexibility index (Phi) is 5.33. The van der Waals surface area contributed by atoms with E-state index < -0.39 is 0 Å². The summed E-state index contributed by atoms with van der Waals surface area (Å²) in [5, 5.41) is 11.1. The molecular formula is C16H17BrN2O2. The summed E-state index contributed by atoms with van der Waals surface area (Å²) in [5.41, 5.74) is 2.07. The van der Waals surface area contributed by atoms with Gasteiger partial charge in [0.25, 0.3) is 5.69 Å². The van der Waals surface area contributed by atoms with Crippen molar-refractivity contribution in [3.63, 3.8) is 0 Å². The molecule has 0 aliphatic heterocycles. The van der Waals surface area contributed by atoms with Gasteiger partial charge in [-0.25, -0.2) is 0 Å². The SMILES string of the molecule is CN(CCCc1ccccc1)c1ccc(Br)cc1[N+](=O)[O-]. The minimum absolute atomic E-state index is 0.131. The number of halogens is 1. The maximum absolute atomic E-state index is 11.1. The molecule has 21 heavy (non-hydrogen) atoms. The Hall–Kier alpha value is -1.88. The summed E-state index contributed by atoms with van der Waals surface area (Å²) >= 11 is 3.27. The van der Waals surface area contributed by atoms with Gasteiger partial charge in [0.2, 0.25) is 0 Å². The lowest BCUT2D eigenvalue weighted by Crippen LogP contribution is -2.20. The summed E-state index contributed by atoms with van der Waals surface area (Å²) in [6.45, 7) is 0.775. The van der Waals surface area contributed by atoms with Crippen molar-refractivity contribution in [2.45, 2.75) is 12.8 Å². The van der Waals surface area contributed by atoms with Gasteiger partial charge < -0.3 is 4.90 Å². The molecule has 0 amide bonds. The first-order valence-corrected chi connectivity index (χ1v) is 7.56. The lowest BCUT2D eigenvalue weighted by Gasteiger charge is -2.19. The lowest BCUT2D eigenvalue weighted by molar-refractivity contribution is -0.384. The fraction of sp³-hybridized carbons (Fsp3) is 0.250. The van der Waals surface area contributed by atoms with Gasteiger partial charge in [0.15, 0.2) is 0 Å². The number of nitro benzene ring substituents is 1. The molecule has 0 atom stereocenters. The second-order valence-electron chi connectivity index (χ2n) is 4.90. The molecule has 0 spiro atoms. The van der Waals surface area contributed by atoms with E-state index in [2.05, 4.69) is 28.1 Å². The number of aryl methyl sites for hydroxylation is 1. The molecule has 0 aliphatic carbocycles.